The Kier molecular flexibility index (Phi) is 15.4. The number of nitrogens with zero attached hydrogens (tertiary/aromatic N) is 12. The molecule has 6 aromatic heterocycles. The Hall–Kier alpha value is -5.85. The molecular weight excluding hydrogens is 1090 g/mol. The Bertz CT molecular complexity index is 3410. The number of rotatable bonds is 20. The van der Waals surface area contributed by atoms with Crippen LogP contribution in [0.1, 0.15) is 50.6 Å². The highest BCUT2D eigenvalue weighted by atomic mass is 31.2. The first-order valence-electron chi connectivity index (χ1n) is 23.0. The fourth-order valence-electron chi connectivity index (χ4n) is 8.98. The van der Waals surface area contributed by atoms with Crippen molar-refractivity contribution in [1.82, 2.24) is 58.1 Å². The number of phosphoric ester groups is 3. The predicted octanol–water partition coefficient (Wildman–Crippen LogP) is -3.38. The molecule has 36 nitrogen and oxygen atoms in total. The number of hydrogen-bond acceptors (Lipinski definition) is 32. The van der Waals surface area contributed by atoms with Gasteiger partial charge in [-0.05, 0) is 12.1 Å². The van der Waals surface area contributed by atoms with E-state index in [1.165, 1.54) is 52.6 Å². The van der Waals surface area contributed by atoms with Crippen molar-refractivity contribution in [2.75, 3.05) is 49.4 Å². The van der Waals surface area contributed by atoms with Crippen LogP contribution < -0.4 is 49.0 Å². The summed E-state index contributed by atoms with van der Waals surface area (Å²) in [6.07, 6.45) is -9.77. The molecule has 3 unspecified atom stereocenters. The standard InChI is InChI=1S/C38H49N16O20P3/c39-25-1-3-51(37(57)49-25)27-5-17(56)22(69-27)10-65-75(59,60)74-20-8-30(54-16-48-32-34(42)44-14-46-36(32)54)71-24(20)12-67-77(63,64)73-19-7-28(52-4-2-26(40)50-38(52)58)70-23(19)11-66-76(61,62)72-18-6-29(68-21(18)9-55)53-15-47-31-33(41)43-13-45-35(31)53/h1-4,13-24,27-30,55-56H,5-12H2,(H,59,60)(H,61,62)(H,63,64)(H2,39,49,57)(H2,40,50,58)(H2,41,43,45)(H2,42,44,46)/p-3/t17-,18-,19-,20-,21+,22+,23+,24+,27+,28+,29+,30+/m0/s1. The minimum Gasteiger partial charge on any atom is -0.756 e. The van der Waals surface area contributed by atoms with Crippen molar-refractivity contribution in [2.24, 2.45) is 0 Å². The van der Waals surface area contributed by atoms with Crippen LogP contribution in [0.25, 0.3) is 22.3 Å². The van der Waals surface area contributed by atoms with Gasteiger partial charge in [0.25, 0.3) is 23.5 Å². The second-order valence-corrected chi connectivity index (χ2v) is 21.7. The van der Waals surface area contributed by atoms with Gasteiger partial charge in [0, 0.05) is 38.1 Å². The largest absolute Gasteiger partial charge is 0.756 e. The van der Waals surface area contributed by atoms with E-state index in [0.29, 0.717) is 0 Å². The van der Waals surface area contributed by atoms with Crippen molar-refractivity contribution in [3.8, 4) is 0 Å². The van der Waals surface area contributed by atoms with Crippen LogP contribution in [0.5, 0.6) is 0 Å². The van der Waals surface area contributed by atoms with Crippen LogP contribution >= 0.6 is 23.5 Å². The second-order valence-electron chi connectivity index (χ2n) is 17.6. The second kappa shape index (κ2) is 21.8. The Morgan fingerprint density at radius 1 is 0.558 bits per heavy atom. The summed E-state index contributed by atoms with van der Waals surface area (Å²) in [5, 5.41) is 20.8. The van der Waals surface area contributed by atoms with E-state index in [4.69, 9.17) is 69.0 Å². The molecule has 0 aliphatic carbocycles. The molecule has 0 spiro atoms. The number of aliphatic hydroxyl groups is 2. The summed E-state index contributed by atoms with van der Waals surface area (Å²) in [5.74, 6) is -0.143. The summed E-state index contributed by atoms with van der Waals surface area (Å²) < 4.78 is 101. The first-order chi connectivity index (χ1) is 36.6. The Labute approximate surface area is 430 Å². The third kappa shape index (κ3) is 11.9. The number of anilines is 4. The molecule has 77 heavy (non-hydrogen) atoms. The highest BCUT2D eigenvalue weighted by molar-refractivity contribution is 7.46. The van der Waals surface area contributed by atoms with Gasteiger partial charge in [0.05, 0.1) is 63.5 Å². The van der Waals surface area contributed by atoms with E-state index in [0.717, 1.165) is 15.5 Å². The summed E-state index contributed by atoms with van der Waals surface area (Å²) in [4.78, 5) is 97.6. The van der Waals surface area contributed by atoms with Gasteiger partial charge in [0.15, 0.2) is 22.9 Å². The monoisotopic (exact) mass is 1140 g/mol. The quantitative estimate of drug-likeness (QED) is 0.0406. The number of nitrogen functional groups attached to an aromatic ring is 4. The highest BCUT2D eigenvalue weighted by Gasteiger charge is 2.45. The number of imidazole rings is 2. The molecule has 6 aromatic rings. The van der Waals surface area contributed by atoms with Crippen LogP contribution in [-0.4, -0.2) is 144 Å². The van der Waals surface area contributed by atoms with Crippen LogP contribution in [0.2, 0.25) is 0 Å². The van der Waals surface area contributed by atoms with Crippen molar-refractivity contribution >= 4 is 69.1 Å². The number of aliphatic hydroxyl groups excluding tert-OH is 2. The lowest BCUT2D eigenvalue weighted by Gasteiger charge is -2.32. The molecule has 4 aliphatic heterocycles. The van der Waals surface area contributed by atoms with Gasteiger partial charge in [0.2, 0.25) is 0 Å². The summed E-state index contributed by atoms with van der Waals surface area (Å²) in [6.45, 7) is -3.45. The third-order valence-electron chi connectivity index (χ3n) is 12.6. The molecule has 0 bridgehead atoms. The van der Waals surface area contributed by atoms with Gasteiger partial charge in [-0.2, -0.15) is 9.97 Å². The van der Waals surface area contributed by atoms with Crippen LogP contribution in [0.4, 0.5) is 23.3 Å². The molecule has 10 heterocycles. The molecule has 0 aromatic carbocycles. The van der Waals surface area contributed by atoms with Crippen LogP contribution in [0.15, 0.2) is 59.4 Å². The van der Waals surface area contributed by atoms with Crippen molar-refractivity contribution in [1.29, 1.82) is 0 Å². The van der Waals surface area contributed by atoms with E-state index in [2.05, 4.69) is 39.9 Å². The maximum absolute atomic E-state index is 13.8. The van der Waals surface area contributed by atoms with Crippen molar-refractivity contribution < 1.29 is 84.7 Å². The maximum atomic E-state index is 13.8. The first-order valence-corrected chi connectivity index (χ1v) is 27.4. The average Bonchev–Trinajstić information content (AvgIpc) is 4.28. The lowest BCUT2D eigenvalue weighted by Crippen LogP contribution is -2.34. The zero-order valence-electron chi connectivity index (χ0n) is 39.5. The van der Waals surface area contributed by atoms with Gasteiger partial charge in [-0.15, -0.1) is 0 Å². The van der Waals surface area contributed by atoms with E-state index in [1.54, 1.807) is 0 Å². The molecule has 0 amide bonds. The van der Waals surface area contributed by atoms with Gasteiger partial charge in [-0.1, -0.05) is 0 Å². The van der Waals surface area contributed by atoms with E-state index in [1.807, 2.05) is 0 Å². The number of phosphoric acid groups is 3. The Morgan fingerprint density at radius 3 is 1.36 bits per heavy atom. The molecule has 39 heteroatoms. The Morgan fingerprint density at radius 2 is 0.935 bits per heavy atom. The molecule has 10 rings (SSSR count). The average molecular weight is 1140 g/mol. The highest BCUT2D eigenvalue weighted by Crippen LogP contribution is 2.51. The maximum Gasteiger partial charge on any atom is 0.351 e. The van der Waals surface area contributed by atoms with Crippen LogP contribution in [0.3, 0.4) is 0 Å². The minimum absolute atomic E-state index is 0.00220. The number of hydrogen-bond donors (Lipinski definition) is 6. The lowest BCUT2D eigenvalue weighted by molar-refractivity contribution is -0.238. The molecule has 0 saturated carbocycles. The molecular formula is C38H46N16O20P3-3. The smallest absolute Gasteiger partial charge is 0.351 e. The van der Waals surface area contributed by atoms with Gasteiger partial charge in [-0.25, -0.2) is 39.5 Å². The summed E-state index contributed by atoms with van der Waals surface area (Å²) in [7, 11) is -16.4. The number of ether oxygens (including phenoxy) is 4. The number of aromatic nitrogens is 12. The summed E-state index contributed by atoms with van der Waals surface area (Å²) in [5.41, 5.74) is 22.2. The summed E-state index contributed by atoms with van der Waals surface area (Å²) in [6, 6.07) is 2.57. The fraction of sp³-hybridized carbons (Fsp3) is 0.526. The number of nitrogens with two attached hydrogens (primary N) is 4. The SMILES string of the molecule is Nc1ccn([C@H]2C[C@H](OP(=O)([O-])OC[C@H]3O[C@@H](n4cnc5c(N)ncnc54)C[C@@H]3OP(=O)([O-])OC[C@H]3O[C@@H](n4ccc(N)nc4=O)C[C@@H]3O)[C@@H](COP(=O)([O-])O[C@H]3C[C@H](n4cnc5c(N)ncnc54)O[C@@H]3CO)O2)c(=O)n1. The van der Waals surface area contributed by atoms with Crippen molar-refractivity contribution in [3.05, 3.63) is 70.8 Å². The van der Waals surface area contributed by atoms with E-state index in [9.17, 15) is 48.2 Å². The topological polar surface area (TPSA) is 514 Å². The van der Waals surface area contributed by atoms with Gasteiger partial charge < -0.3 is 93.9 Å². The molecule has 15 atom stereocenters. The molecule has 4 aliphatic rings. The molecule has 0 radical (unpaired) electrons. The van der Waals surface area contributed by atoms with Gasteiger partial charge in [0.1, 0.15) is 84.7 Å². The zero-order chi connectivity index (χ0) is 54.6. The Balaban J connectivity index is 0.820. The summed E-state index contributed by atoms with van der Waals surface area (Å²) >= 11 is 0. The van der Waals surface area contributed by atoms with Crippen LogP contribution in [-0.2, 0) is 59.8 Å². The van der Waals surface area contributed by atoms with Gasteiger partial charge in [-0.3, -0.25) is 32.0 Å². The van der Waals surface area contributed by atoms with Crippen molar-refractivity contribution in [2.45, 2.75) is 99.4 Å². The van der Waals surface area contributed by atoms with E-state index in [-0.39, 0.29) is 64.9 Å². The van der Waals surface area contributed by atoms with E-state index < -0.39 is 141 Å². The predicted molar refractivity (Wildman–Crippen MR) is 248 cm³/mol. The van der Waals surface area contributed by atoms with Gasteiger partial charge >= 0.3 is 11.4 Å². The fourth-order valence-corrected chi connectivity index (χ4v) is 11.8. The normalized spacial score (nSPS) is 30.0. The third-order valence-corrected chi connectivity index (χ3v) is 15.6. The molecule has 4 fully saturated rings. The number of fused-ring (bicyclic) bond motifs is 2. The minimum atomic E-state index is -5.60. The molecule has 416 valence electrons. The zero-order valence-corrected chi connectivity index (χ0v) is 42.1. The lowest BCUT2D eigenvalue weighted by atomic mass is 10.2. The van der Waals surface area contributed by atoms with E-state index >= 15 is 0 Å². The van der Waals surface area contributed by atoms with Crippen LogP contribution in [0, 0.1) is 0 Å². The van der Waals surface area contributed by atoms with Crippen molar-refractivity contribution in [3.63, 3.8) is 0 Å². The molecule has 10 N–H and O–H groups in total. The molecule has 4 saturated heterocycles. The first kappa shape index (κ1) is 54.5.